The van der Waals surface area contributed by atoms with Gasteiger partial charge in [-0.25, -0.2) is 4.98 Å². The van der Waals surface area contributed by atoms with Crippen molar-refractivity contribution >= 4 is 0 Å². The normalized spacial score (nSPS) is 37.6. The number of hydrogen-bond donors (Lipinski definition) is 3. The minimum Gasteiger partial charge on any atom is -0.451 e. The molecule has 3 aliphatic rings. The van der Waals surface area contributed by atoms with E-state index in [9.17, 15) is 15.3 Å². The van der Waals surface area contributed by atoms with E-state index in [1.165, 1.54) is 43.9 Å². The molecule has 4 rings (SSSR count). The van der Waals surface area contributed by atoms with Crippen LogP contribution in [0.15, 0.2) is 52.5 Å². The number of nitrogens with zero attached hydrogens (tertiary/aromatic N) is 1. The summed E-state index contributed by atoms with van der Waals surface area (Å²) in [6.07, 6.45) is 14.3. The van der Waals surface area contributed by atoms with Crippen molar-refractivity contribution < 1.29 is 19.7 Å². The highest BCUT2D eigenvalue weighted by molar-refractivity contribution is 5.38. The minimum atomic E-state index is -0.635. The number of allylic oxidation sites excluding steroid dienone is 3. The van der Waals surface area contributed by atoms with E-state index in [1.54, 1.807) is 0 Å². The monoisotopic (exact) mass is 441 g/mol. The molecule has 1 heterocycles. The molecule has 3 fully saturated rings. The summed E-state index contributed by atoms with van der Waals surface area (Å²) >= 11 is 0. The van der Waals surface area contributed by atoms with Crippen LogP contribution in [-0.2, 0) is 0 Å². The van der Waals surface area contributed by atoms with Gasteiger partial charge in [0.25, 0.3) is 0 Å². The van der Waals surface area contributed by atoms with E-state index in [4.69, 9.17) is 4.42 Å². The topological polar surface area (TPSA) is 86.7 Å². The first-order chi connectivity index (χ1) is 15.3. The van der Waals surface area contributed by atoms with Crippen molar-refractivity contribution in [2.45, 2.75) is 89.9 Å². The van der Waals surface area contributed by atoms with Gasteiger partial charge in [-0.1, -0.05) is 38.2 Å². The van der Waals surface area contributed by atoms with Crippen LogP contribution in [0.5, 0.6) is 0 Å². The zero-order chi connectivity index (χ0) is 22.9. The lowest BCUT2D eigenvalue weighted by Gasteiger charge is -2.44. The Morgan fingerprint density at radius 1 is 1.28 bits per heavy atom. The van der Waals surface area contributed by atoms with Crippen molar-refractivity contribution in [2.75, 3.05) is 0 Å². The summed E-state index contributed by atoms with van der Waals surface area (Å²) in [6.45, 7) is 8.88. The Morgan fingerprint density at radius 2 is 2.09 bits per heavy atom. The Bertz CT molecular complexity index is 857. The van der Waals surface area contributed by atoms with Gasteiger partial charge in [-0.3, -0.25) is 0 Å². The molecular formula is C27H39NO4. The van der Waals surface area contributed by atoms with Gasteiger partial charge in [-0.05, 0) is 85.7 Å². The van der Waals surface area contributed by atoms with Gasteiger partial charge in [-0.2, -0.15) is 0 Å². The quantitative estimate of drug-likeness (QED) is 0.560. The molecule has 1 aromatic rings. The van der Waals surface area contributed by atoms with Crippen LogP contribution in [-0.4, -0.2) is 32.5 Å². The number of aromatic nitrogens is 1. The van der Waals surface area contributed by atoms with Crippen LogP contribution in [0, 0.1) is 23.2 Å². The molecule has 5 heteroatoms. The largest absolute Gasteiger partial charge is 0.451 e. The highest BCUT2D eigenvalue weighted by atomic mass is 16.3. The Balaban J connectivity index is 1.44. The van der Waals surface area contributed by atoms with Crippen LogP contribution in [0.1, 0.15) is 83.4 Å². The van der Waals surface area contributed by atoms with Gasteiger partial charge < -0.3 is 19.7 Å². The number of oxazole rings is 1. The fourth-order valence-corrected chi connectivity index (χ4v) is 6.84. The van der Waals surface area contributed by atoms with Crippen molar-refractivity contribution in [3.63, 3.8) is 0 Å². The number of aliphatic hydroxyl groups excluding tert-OH is 3. The summed E-state index contributed by atoms with van der Waals surface area (Å²) in [5, 5.41) is 30.6. The fourth-order valence-electron chi connectivity index (χ4n) is 6.84. The van der Waals surface area contributed by atoms with E-state index in [2.05, 4.69) is 37.6 Å². The molecule has 0 spiro atoms. The second kappa shape index (κ2) is 9.66. The molecule has 0 bridgehead atoms. The van der Waals surface area contributed by atoms with Gasteiger partial charge in [0, 0.05) is 6.42 Å². The van der Waals surface area contributed by atoms with E-state index < -0.39 is 18.3 Å². The van der Waals surface area contributed by atoms with Gasteiger partial charge in [0.15, 0.2) is 6.39 Å². The summed E-state index contributed by atoms with van der Waals surface area (Å²) in [7, 11) is 0. The summed E-state index contributed by atoms with van der Waals surface area (Å²) in [4.78, 5) is 4.09. The van der Waals surface area contributed by atoms with E-state index in [0.717, 1.165) is 24.0 Å². The average Bonchev–Trinajstić information content (AvgIpc) is 3.41. The highest BCUT2D eigenvalue weighted by Gasteiger charge is 2.50. The molecule has 0 amide bonds. The fraction of sp³-hybridized carbons (Fsp3) is 0.667. The van der Waals surface area contributed by atoms with E-state index in [-0.39, 0.29) is 0 Å². The molecule has 3 N–H and O–H groups in total. The standard InChI is InChI=1S/C27H39NO4/c1-17(6-11-25(30)24-15-32-16-28-24)22-9-10-23-19(5-4-12-27(22,23)3)7-8-20-13-21(29)14-26(31)18(20)2/h7-8,15-17,21-23,25-26,29-31H,2,4-6,9-14H2,1,3H3/b19-7+,20-8-/t17-,21-,22-,23+,25-,26+,27-/m1/s1. The summed E-state index contributed by atoms with van der Waals surface area (Å²) in [6, 6.07) is 0. The molecule has 0 aromatic carbocycles. The number of fused-ring (bicyclic) bond motifs is 1. The average molecular weight is 442 g/mol. The van der Waals surface area contributed by atoms with Gasteiger partial charge in [0.05, 0.1) is 18.3 Å². The lowest BCUT2D eigenvalue weighted by molar-refractivity contribution is 0.0817. The number of hydrogen-bond acceptors (Lipinski definition) is 5. The number of aliphatic hydroxyl groups is 3. The third-order valence-electron chi connectivity index (χ3n) is 8.68. The molecule has 3 aliphatic carbocycles. The molecule has 0 aliphatic heterocycles. The molecule has 0 saturated heterocycles. The van der Waals surface area contributed by atoms with E-state index in [1.807, 2.05) is 0 Å². The maximum absolute atomic E-state index is 10.4. The van der Waals surface area contributed by atoms with Gasteiger partial charge in [0.2, 0.25) is 0 Å². The van der Waals surface area contributed by atoms with Crippen LogP contribution in [0.4, 0.5) is 0 Å². The van der Waals surface area contributed by atoms with Crippen molar-refractivity contribution in [1.29, 1.82) is 0 Å². The van der Waals surface area contributed by atoms with Gasteiger partial charge in [0.1, 0.15) is 12.0 Å². The Hall–Kier alpha value is -1.69. The first-order valence-corrected chi connectivity index (χ1v) is 12.3. The highest BCUT2D eigenvalue weighted by Crippen LogP contribution is 2.60. The molecule has 3 saturated carbocycles. The second-order valence-electron chi connectivity index (χ2n) is 10.6. The summed E-state index contributed by atoms with van der Waals surface area (Å²) in [5.41, 5.74) is 4.19. The molecule has 176 valence electrons. The molecular weight excluding hydrogens is 402 g/mol. The predicted molar refractivity (Wildman–Crippen MR) is 125 cm³/mol. The second-order valence-corrected chi connectivity index (χ2v) is 10.6. The van der Waals surface area contributed by atoms with Crippen LogP contribution in [0.25, 0.3) is 0 Å². The van der Waals surface area contributed by atoms with Crippen molar-refractivity contribution in [2.24, 2.45) is 23.2 Å². The molecule has 0 unspecified atom stereocenters. The van der Waals surface area contributed by atoms with E-state index >= 15 is 0 Å². The maximum Gasteiger partial charge on any atom is 0.180 e. The van der Waals surface area contributed by atoms with Gasteiger partial charge >= 0.3 is 0 Å². The zero-order valence-electron chi connectivity index (χ0n) is 19.5. The Morgan fingerprint density at radius 3 is 2.84 bits per heavy atom. The third-order valence-corrected chi connectivity index (χ3v) is 8.68. The molecule has 1 aromatic heterocycles. The molecule has 5 nitrogen and oxygen atoms in total. The zero-order valence-corrected chi connectivity index (χ0v) is 19.5. The van der Waals surface area contributed by atoms with Gasteiger partial charge in [-0.15, -0.1) is 0 Å². The van der Waals surface area contributed by atoms with Crippen molar-refractivity contribution in [3.05, 3.63) is 53.8 Å². The van der Waals surface area contributed by atoms with Crippen LogP contribution in [0.2, 0.25) is 0 Å². The molecule has 7 atom stereocenters. The van der Waals surface area contributed by atoms with Crippen molar-refractivity contribution in [3.8, 4) is 0 Å². The third kappa shape index (κ3) is 4.66. The smallest absolute Gasteiger partial charge is 0.180 e. The number of rotatable bonds is 6. The van der Waals surface area contributed by atoms with Crippen LogP contribution < -0.4 is 0 Å². The maximum atomic E-state index is 10.4. The van der Waals surface area contributed by atoms with Crippen molar-refractivity contribution in [1.82, 2.24) is 4.98 Å². The minimum absolute atomic E-state index is 0.295. The Kier molecular flexibility index (Phi) is 7.09. The molecule has 32 heavy (non-hydrogen) atoms. The van der Waals surface area contributed by atoms with Crippen LogP contribution in [0.3, 0.4) is 0 Å². The lowest BCUT2D eigenvalue weighted by atomic mass is 9.60. The lowest BCUT2D eigenvalue weighted by Crippen LogP contribution is -2.36. The first-order valence-electron chi connectivity index (χ1n) is 12.3. The SMILES string of the molecule is C=C1/C(=C\C=C2/CCC[C@]3(C)[C@@H]([C@H](C)CC[C@@H](O)c4cocn4)CC[C@@H]23)C[C@@H](O)C[C@@H]1O. The summed E-state index contributed by atoms with van der Waals surface area (Å²) < 4.78 is 5.01. The summed E-state index contributed by atoms with van der Waals surface area (Å²) in [5.74, 6) is 1.79. The Labute approximate surface area is 192 Å². The van der Waals surface area contributed by atoms with Crippen LogP contribution >= 0.6 is 0 Å². The first kappa shape index (κ1) is 23.5. The molecule has 0 radical (unpaired) electrons. The predicted octanol–water partition coefficient (Wildman–Crippen LogP) is 5.27. The van der Waals surface area contributed by atoms with E-state index in [0.29, 0.717) is 48.1 Å².